The zero-order valence-corrected chi connectivity index (χ0v) is 12.3. The van der Waals surface area contributed by atoms with Crippen molar-refractivity contribution in [3.63, 3.8) is 0 Å². The maximum atomic E-state index is 12.4. The largest absolute Gasteiger partial charge is 0.416 e. The van der Waals surface area contributed by atoms with Gasteiger partial charge in [0.1, 0.15) is 0 Å². The number of rotatable bonds is 3. The van der Waals surface area contributed by atoms with E-state index in [0.29, 0.717) is 11.3 Å². The van der Waals surface area contributed by atoms with E-state index in [9.17, 15) is 18.0 Å². The fourth-order valence-electron chi connectivity index (χ4n) is 1.77. The molecule has 0 aliphatic carbocycles. The predicted molar refractivity (Wildman–Crippen MR) is 77.9 cm³/mol. The Bertz CT molecular complexity index is 638. The molecule has 0 aliphatic rings. The van der Waals surface area contributed by atoms with E-state index in [1.807, 2.05) is 6.07 Å². The molecule has 0 radical (unpaired) electrons. The molecule has 0 spiro atoms. The van der Waals surface area contributed by atoms with Crippen molar-refractivity contribution in [3.8, 4) is 0 Å². The highest BCUT2D eigenvalue weighted by Gasteiger charge is 2.29. The van der Waals surface area contributed by atoms with E-state index in [4.69, 9.17) is 0 Å². The van der Waals surface area contributed by atoms with Crippen LogP contribution in [0.15, 0.2) is 53.0 Å². The van der Waals surface area contributed by atoms with Gasteiger partial charge in [-0.1, -0.05) is 34.1 Å². The maximum absolute atomic E-state index is 12.4. The van der Waals surface area contributed by atoms with E-state index in [1.54, 1.807) is 18.2 Å². The van der Waals surface area contributed by atoms with Gasteiger partial charge in [0.15, 0.2) is 0 Å². The minimum Gasteiger partial charge on any atom is -0.326 e. The standard InChI is InChI=1S/C15H11BrF3NO/c16-12-2-1-3-13(9-12)20-14(21)8-10-4-6-11(7-5-10)15(17,18)19/h1-7,9H,8H2,(H,20,21). The summed E-state index contributed by atoms with van der Waals surface area (Å²) in [6.07, 6.45) is -4.35. The minimum absolute atomic E-state index is 0.0185. The molecule has 2 nitrogen and oxygen atoms in total. The summed E-state index contributed by atoms with van der Waals surface area (Å²) in [5.41, 5.74) is 0.426. The Hall–Kier alpha value is -1.82. The van der Waals surface area contributed by atoms with Crippen LogP contribution in [-0.2, 0) is 17.4 Å². The Morgan fingerprint density at radius 3 is 2.33 bits per heavy atom. The molecular weight excluding hydrogens is 347 g/mol. The third kappa shape index (κ3) is 4.60. The molecule has 0 aromatic heterocycles. The molecule has 2 rings (SSSR count). The quantitative estimate of drug-likeness (QED) is 0.850. The Morgan fingerprint density at radius 1 is 1.10 bits per heavy atom. The van der Waals surface area contributed by atoms with Crippen molar-refractivity contribution in [2.24, 2.45) is 0 Å². The number of halogens is 4. The molecule has 6 heteroatoms. The second-order valence-electron chi connectivity index (χ2n) is 4.43. The van der Waals surface area contributed by atoms with Crippen molar-refractivity contribution < 1.29 is 18.0 Å². The van der Waals surface area contributed by atoms with Crippen molar-refractivity contribution >= 4 is 27.5 Å². The number of carbonyl (C=O) groups is 1. The fourth-order valence-corrected chi connectivity index (χ4v) is 2.17. The number of hydrogen-bond donors (Lipinski definition) is 1. The molecule has 0 saturated carbocycles. The van der Waals surface area contributed by atoms with Crippen LogP contribution in [0, 0.1) is 0 Å². The van der Waals surface area contributed by atoms with E-state index in [0.717, 1.165) is 16.6 Å². The molecule has 0 unspecified atom stereocenters. The topological polar surface area (TPSA) is 29.1 Å². The van der Waals surface area contributed by atoms with Crippen molar-refractivity contribution in [3.05, 3.63) is 64.1 Å². The van der Waals surface area contributed by atoms with Crippen LogP contribution >= 0.6 is 15.9 Å². The van der Waals surface area contributed by atoms with Crippen LogP contribution in [0.3, 0.4) is 0 Å². The molecule has 110 valence electrons. The fraction of sp³-hybridized carbons (Fsp3) is 0.133. The number of nitrogens with one attached hydrogen (secondary N) is 1. The molecule has 2 aromatic rings. The molecule has 1 amide bonds. The number of alkyl halides is 3. The highest BCUT2D eigenvalue weighted by atomic mass is 79.9. The Kier molecular flexibility index (Phi) is 4.67. The molecule has 0 saturated heterocycles. The third-order valence-corrected chi connectivity index (χ3v) is 3.25. The average Bonchev–Trinajstić information content (AvgIpc) is 2.38. The van der Waals surface area contributed by atoms with Gasteiger partial charge >= 0.3 is 6.18 Å². The highest BCUT2D eigenvalue weighted by Crippen LogP contribution is 2.29. The molecule has 0 fully saturated rings. The zero-order chi connectivity index (χ0) is 15.5. The van der Waals surface area contributed by atoms with Gasteiger partial charge in [0.2, 0.25) is 5.91 Å². The summed E-state index contributed by atoms with van der Waals surface area (Å²) >= 11 is 3.29. The van der Waals surface area contributed by atoms with Gasteiger partial charge in [0.25, 0.3) is 0 Å². The van der Waals surface area contributed by atoms with E-state index in [-0.39, 0.29) is 12.3 Å². The van der Waals surface area contributed by atoms with Gasteiger partial charge in [-0.25, -0.2) is 0 Å². The van der Waals surface area contributed by atoms with E-state index in [1.165, 1.54) is 12.1 Å². The van der Waals surface area contributed by atoms with E-state index in [2.05, 4.69) is 21.2 Å². The maximum Gasteiger partial charge on any atom is 0.416 e. The first-order valence-corrected chi connectivity index (χ1v) is 6.85. The lowest BCUT2D eigenvalue weighted by Gasteiger charge is -2.08. The number of hydrogen-bond acceptors (Lipinski definition) is 1. The third-order valence-electron chi connectivity index (χ3n) is 2.75. The van der Waals surface area contributed by atoms with Gasteiger partial charge in [-0.05, 0) is 35.9 Å². The Balaban J connectivity index is 2.00. The summed E-state index contributed by atoms with van der Waals surface area (Å²) in [7, 11) is 0. The lowest BCUT2D eigenvalue weighted by atomic mass is 10.1. The average molecular weight is 358 g/mol. The Labute approximate surface area is 128 Å². The summed E-state index contributed by atoms with van der Waals surface area (Å²) in [5, 5.41) is 2.68. The highest BCUT2D eigenvalue weighted by molar-refractivity contribution is 9.10. The van der Waals surface area contributed by atoms with Crippen LogP contribution in [-0.4, -0.2) is 5.91 Å². The molecule has 0 atom stereocenters. The summed E-state index contributed by atoms with van der Waals surface area (Å²) in [6.45, 7) is 0. The van der Waals surface area contributed by atoms with Gasteiger partial charge < -0.3 is 5.32 Å². The zero-order valence-electron chi connectivity index (χ0n) is 10.7. The molecule has 0 aliphatic heterocycles. The number of benzene rings is 2. The molecule has 0 heterocycles. The number of carbonyl (C=O) groups excluding carboxylic acids is 1. The van der Waals surface area contributed by atoms with Crippen LogP contribution < -0.4 is 5.32 Å². The van der Waals surface area contributed by atoms with Crippen LogP contribution in [0.5, 0.6) is 0 Å². The summed E-state index contributed by atoms with van der Waals surface area (Å²) in [5.74, 6) is -0.284. The van der Waals surface area contributed by atoms with Crippen molar-refractivity contribution in [2.45, 2.75) is 12.6 Å². The second kappa shape index (κ2) is 6.30. The smallest absolute Gasteiger partial charge is 0.326 e. The lowest BCUT2D eigenvalue weighted by Crippen LogP contribution is -2.14. The first kappa shape index (κ1) is 15.6. The van der Waals surface area contributed by atoms with Crippen LogP contribution in [0.1, 0.15) is 11.1 Å². The van der Waals surface area contributed by atoms with Gasteiger partial charge in [0, 0.05) is 10.2 Å². The van der Waals surface area contributed by atoms with Gasteiger partial charge in [-0.15, -0.1) is 0 Å². The molecular formula is C15H11BrF3NO. The van der Waals surface area contributed by atoms with Crippen LogP contribution in [0.25, 0.3) is 0 Å². The van der Waals surface area contributed by atoms with Crippen molar-refractivity contribution in [1.82, 2.24) is 0 Å². The summed E-state index contributed by atoms with van der Waals surface area (Å²) in [6, 6.07) is 11.6. The SMILES string of the molecule is O=C(Cc1ccc(C(F)(F)F)cc1)Nc1cccc(Br)c1. The number of amides is 1. The van der Waals surface area contributed by atoms with Crippen molar-refractivity contribution in [1.29, 1.82) is 0 Å². The monoisotopic (exact) mass is 357 g/mol. The summed E-state index contributed by atoms with van der Waals surface area (Å²) < 4.78 is 38.1. The normalized spacial score (nSPS) is 11.2. The first-order chi connectivity index (χ1) is 9.84. The minimum atomic E-state index is -4.36. The molecule has 21 heavy (non-hydrogen) atoms. The second-order valence-corrected chi connectivity index (χ2v) is 5.35. The van der Waals surface area contributed by atoms with Crippen LogP contribution in [0.4, 0.5) is 18.9 Å². The Morgan fingerprint density at radius 2 is 1.76 bits per heavy atom. The lowest BCUT2D eigenvalue weighted by molar-refractivity contribution is -0.137. The van der Waals surface area contributed by atoms with E-state index >= 15 is 0 Å². The summed E-state index contributed by atoms with van der Waals surface area (Å²) in [4.78, 5) is 11.8. The van der Waals surface area contributed by atoms with Gasteiger partial charge in [-0.3, -0.25) is 4.79 Å². The van der Waals surface area contributed by atoms with E-state index < -0.39 is 11.7 Å². The van der Waals surface area contributed by atoms with Crippen LogP contribution in [0.2, 0.25) is 0 Å². The first-order valence-electron chi connectivity index (χ1n) is 6.06. The van der Waals surface area contributed by atoms with Gasteiger partial charge in [0.05, 0.1) is 12.0 Å². The van der Waals surface area contributed by atoms with Crippen molar-refractivity contribution in [2.75, 3.05) is 5.32 Å². The van der Waals surface area contributed by atoms with Gasteiger partial charge in [-0.2, -0.15) is 13.2 Å². The molecule has 2 aromatic carbocycles. The number of anilines is 1. The predicted octanol–water partition coefficient (Wildman–Crippen LogP) is 4.65. The molecule has 0 bridgehead atoms. The molecule has 1 N–H and O–H groups in total.